The number of nitrogens with zero attached hydrogens (tertiary/aromatic N) is 3. The number of aryl methyl sites for hydroxylation is 2. The van der Waals surface area contributed by atoms with Crippen LogP contribution >= 0.6 is 0 Å². The predicted molar refractivity (Wildman–Crippen MR) is 111 cm³/mol. The number of carbonyl (C=O) groups excluding carboxylic acids is 1. The van der Waals surface area contributed by atoms with Gasteiger partial charge in [0.15, 0.2) is 11.5 Å². The van der Waals surface area contributed by atoms with Crippen molar-refractivity contribution in [3.8, 4) is 11.5 Å². The Hall–Kier alpha value is -3.74. The van der Waals surface area contributed by atoms with E-state index in [-0.39, 0.29) is 5.91 Å². The number of ether oxygens (including phenoxy) is 2. The van der Waals surface area contributed by atoms with E-state index in [1.165, 1.54) is 14.2 Å². The quantitative estimate of drug-likeness (QED) is 0.516. The molecule has 0 fully saturated rings. The molecule has 0 radical (unpaired) electrons. The van der Waals surface area contributed by atoms with Gasteiger partial charge in [-0.25, -0.2) is 5.43 Å². The smallest absolute Gasteiger partial charge is 0.271 e. The molecule has 0 aliphatic heterocycles. The third-order valence-electron chi connectivity index (χ3n) is 4.18. The highest BCUT2D eigenvalue weighted by molar-refractivity contribution is 6.11. The van der Waals surface area contributed by atoms with Gasteiger partial charge in [-0.3, -0.25) is 14.8 Å². The van der Waals surface area contributed by atoms with Gasteiger partial charge in [0.1, 0.15) is 5.71 Å². The Kier molecular flexibility index (Phi) is 6.19. The summed E-state index contributed by atoms with van der Waals surface area (Å²) in [6.07, 6.45) is 0. The van der Waals surface area contributed by atoms with Crippen molar-refractivity contribution in [2.24, 2.45) is 5.10 Å². The van der Waals surface area contributed by atoms with Crippen LogP contribution in [0.2, 0.25) is 0 Å². The zero-order valence-corrected chi connectivity index (χ0v) is 16.8. The van der Waals surface area contributed by atoms with Gasteiger partial charge in [-0.15, -0.1) is 0 Å². The van der Waals surface area contributed by atoms with Crippen molar-refractivity contribution in [1.29, 1.82) is 0 Å². The van der Waals surface area contributed by atoms with Gasteiger partial charge in [0.25, 0.3) is 5.91 Å². The van der Waals surface area contributed by atoms with Crippen LogP contribution in [0.15, 0.2) is 59.7 Å². The number of nitrogens with one attached hydrogen (secondary N) is 1. The van der Waals surface area contributed by atoms with Crippen molar-refractivity contribution in [2.45, 2.75) is 13.8 Å². The number of rotatable bonds is 6. The summed E-state index contributed by atoms with van der Waals surface area (Å²) in [6.45, 7) is 3.79. The lowest BCUT2D eigenvalue weighted by molar-refractivity contribution is 0.0954. The van der Waals surface area contributed by atoms with Crippen LogP contribution in [0, 0.1) is 13.8 Å². The minimum Gasteiger partial charge on any atom is -0.493 e. The van der Waals surface area contributed by atoms with Gasteiger partial charge in [0, 0.05) is 17.0 Å². The molecule has 29 heavy (non-hydrogen) atoms. The molecule has 148 valence electrons. The second kappa shape index (κ2) is 8.97. The predicted octanol–water partition coefficient (Wildman–Crippen LogP) is 3.29. The maximum atomic E-state index is 12.7. The summed E-state index contributed by atoms with van der Waals surface area (Å²) in [6, 6.07) is 16.1. The summed E-state index contributed by atoms with van der Waals surface area (Å²) in [7, 11) is 3.06. The summed E-state index contributed by atoms with van der Waals surface area (Å²) < 4.78 is 10.5. The zero-order valence-electron chi connectivity index (χ0n) is 16.8. The fourth-order valence-electron chi connectivity index (χ4n) is 2.74. The molecular formula is C22H22N4O3. The average molecular weight is 390 g/mol. The molecule has 3 aromatic rings. The summed E-state index contributed by atoms with van der Waals surface area (Å²) in [5.41, 5.74) is 6.39. The Labute approximate surface area is 169 Å². The largest absolute Gasteiger partial charge is 0.493 e. The first-order chi connectivity index (χ1) is 14.0. The van der Waals surface area contributed by atoms with Gasteiger partial charge in [-0.1, -0.05) is 12.1 Å². The van der Waals surface area contributed by atoms with Gasteiger partial charge in [-0.05, 0) is 56.3 Å². The van der Waals surface area contributed by atoms with Crippen LogP contribution in [-0.4, -0.2) is 35.8 Å². The van der Waals surface area contributed by atoms with Gasteiger partial charge in [-0.2, -0.15) is 5.10 Å². The molecule has 0 aliphatic carbocycles. The summed E-state index contributed by atoms with van der Waals surface area (Å²) >= 11 is 0. The first-order valence-electron chi connectivity index (χ1n) is 9.00. The molecule has 0 saturated carbocycles. The van der Waals surface area contributed by atoms with Crippen LogP contribution in [0.5, 0.6) is 11.5 Å². The maximum Gasteiger partial charge on any atom is 0.271 e. The SMILES string of the molecule is COc1ccc(C(=O)NN=C(c2cccc(C)n2)c2cccc(C)n2)cc1OC. The third kappa shape index (κ3) is 4.76. The van der Waals surface area contributed by atoms with Crippen molar-refractivity contribution in [3.63, 3.8) is 0 Å². The normalized spacial score (nSPS) is 10.2. The molecule has 3 rings (SSSR count). The lowest BCUT2D eigenvalue weighted by Gasteiger charge is -2.10. The van der Waals surface area contributed by atoms with Crippen LogP contribution in [0.25, 0.3) is 0 Å². The third-order valence-corrected chi connectivity index (χ3v) is 4.18. The summed E-state index contributed by atoms with van der Waals surface area (Å²) in [5.74, 6) is 0.620. The zero-order chi connectivity index (χ0) is 20.8. The van der Waals surface area contributed by atoms with Crippen molar-refractivity contribution < 1.29 is 14.3 Å². The second-order valence-corrected chi connectivity index (χ2v) is 6.30. The number of carbonyl (C=O) groups is 1. The summed E-state index contributed by atoms with van der Waals surface area (Å²) in [5, 5.41) is 4.34. The number of hydrogen-bond donors (Lipinski definition) is 1. The van der Waals surface area contributed by atoms with Crippen molar-refractivity contribution >= 4 is 11.6 Å². The molecule has 0 saturated heterocycles. The van der Waals surface area contributed by atoms with Crippen LogP contribution in [0.1, 0.15) is 33.1 Å². The highest BCUT2D eigenvalue weighted by atomic mass is 16.5. The van der Waals surface area contributed by atoms with E-state index in [4.69, 9.17) is 9.47 Å². The van der Waals surface area contributed by atoms with E-state index in [0.29, 0.717) is 34.2 Å². The molecular weight excluding hydrogens is 368 g/mol. The second-order valence-electron chi connectivity index (χ2n) is 6.30. The highest BCUT2D eigenvalue weighted by Crippen LogP contribution is 2.27. The Morgan fingerprint density at radius 3 is 1.97 bits per heavy atom. The Morgan fingerprint density at radius 2 is 1.45 bits per heavy atom. The van der Waals surface area contributed by atoms with E-state index in [0.717, 1.165) is 11.4 Å². The Morgan fingerprint density at radius 1 is 0.862 bits per heavy atom. The lowest BCUT2D eigenvalue weighted by atomic mass is 10.1. The number of hydrogen-bond acceptors (Lipinski definition) is 6. The molecule has 1 aromatic carbocycles. The number of pyridine rings is 2. The molecule has 0 spiro atoms. The number of benzene rings is 1. The minimum atomic E-state index is -0.385. The van der Waals surface area contributed by atoms with Crippen LogP contribution in [0.3, 0.4) is 0 Å². The average Bonchev–Trinajstić information content (AvgIpc) is 2.73. The molecule has 1 amide bonds. The van der Waals surface area contributed by atoms with E-state index in [1.807, 2.05) is 50.2 Å². The van der Waals surface area contributed by atoms with E-state index < -0.39 is 0 Å². The van der Waals surface area contributed by atoms with E-state index in [9.17, 15) is 4.79 Å². The molecule has 0 atom stereocenters. The first kappa shape index (κ1) is 20.0. The monoisotopic (exact) mass is 390 g/mol. The van der Waals surface area contributed by atoms with Gasteiger partial charge in [0.05, 0.1) is 25.6 Å². The molecule has 2 aromatic heterocycles. The minimum absolute atomic E-state index is 0.385. The molecule has 7 heteroatoms. The summed E-state index contributed by atoms with van der Waals surface area (Å²) in [4.78, 5) is 21.7. The van der Waals surface area contributed by atoms with Crippen LogP contribution in [-0.2, 0) is 0 Å². The number of methoxy groups -OCH3 is 2. The van der Waals surface area contributed by atoms with Crippen molar-refractivity contribution in [2.75, 3.05) is 14.2 Å². The van der Waals surface area contributed by atoms with Crippen LogP contribution in [0.4, 0.5) is 0 Å². The maximum absolute atomic E-state index is 12.7. The molecule has 7 nitrogen and oxygen atoms in total. The molecule has 1 N–H and O–H groups in total. The van der Waals surface area contributed by atoms with Crippen molar-refractivity contribution in [1.82, 2.24) is 15.4 Å². The molecule has 2 heterocycles. The van der Waals surface area contributed by atoms with Crippen molar-refractivity contribution in [3.05, 3.63) is 82.9 Å². The lowest BCUT2D eigenvalue weighted by Crippen LogP contribution is -2.21. The molecule has 0 aliphatic rings. The number of amides is 1. The topological polar surface area (TPSA) is 85.7 Å². The fourth-order valence-corrected chi connectivity index (χ4v) is 2.74. The molecule has 0 bridgehead atoms. The molecule has 0 unspecified atom stereocenters. The van der Waals surface area contributed by atoms with E-state index in [1.54, 1.807) is 18.2 Å². The standard InChI is InChI=1S/C22H22N4O3/c1-14-7-5-9-17(23-14)21(18-10-6-8-15(2)24-18)25-26-22(27)16-11-12-19(28-3)20(13-16)29-4/h5-13H,1-4H3,(H,26,27). The fraction of sp³-hybridized carbons (Fsp3) is 0.182. The van der Waals surface area contributed by atoms with Gasteiger partial charge < -0.3 is 9.47 Å². The Bertz CT molecular complexity index is 1020. The number of aromatic nitrogens is 2. The van der Waals surface area contributed by atoms with Gasteiger partial charge >= 0.3 is 0 Å². The van der Waals surface area contributed by atoms with E-state index >= 15 is 0 Å². The van der Waals surface area contributed by atoms with Gasteiger partial charge in [0.2, 0.25) is 0 Å². The van der Waals surface area contributed by atoms with E-state index in [2.05, 4.69) is 20.5 Å². The highest BCUT2D eigenvalue weighted by Gasteiger charge is 2.14. The first-order valence-corrected chi connectivity index (χ1v) is 9.00. The number of hydrazone groups is 1. The Balaban J connectivity index is 1.95. The van der Waals surface area contributed by atoms with Crippen LogP contribution < -0.4 is 14.9 Å².